The van der Waals surface area contributed by atoms with Gasteiger partial charge in [0.25, 0.3) is 0 Å². The predicted molar refractivity (Wildman–Crippen MR) is 41.4 cm³/mol. The highest BCUT2D eigenvalue weighted by molar-refractivity contribution is 7.83. The van der Waals surface area contributed by atoms with Gasteiger partial charge in [0.2, 0.25) is 0 Å². The molecule has 0 amide bonds. The number of hydrogen-bond acceptors (Lipinski definition) is 1. The summed E-state index contributed by atoms with van der Waals surface area (Å²) >= 11 is 0. The molecule has 9 heavy (non-hydrogen) atoms. The van der Waals surface area contributed by atoms with E-state index in [-0.39, 0.29) is 0 Å². The van der Waals surface area contributed by atoms with Gasteiger partial charge in [0.15, 0.2) is 0 Å². The Bertz CT molecular complexity index is 122. The number of hydrogen-bond donors (Lipinski definition) is 1. The lowest BCUT2D eigenvalue weighted by atomic mass is 10.7. The van der Waals surface area contributed by atoms with Crippen LogP contribution in [0.2, 0.25) is 0 Å². The van der Waals surface area contributed by atoms with Crippen LogP contribution in [-0.4, -0.2) is 16.5 Å². The molecule has 0 saturated carbocycles. The average molecular weight is 145 g/mol. The van der Waals surface area contributed by atoms with Crippen molar-refractivity contribution in [2.45, 2.75) is 0 Å². The minimum atomic E-state index is -0.959. The number of nitrogens with one attached hydrogen (secondary N) is 1. The second-order valence-corrected chi connectivity index (χ2v) is 2.75. The molecule has 1 unspecified atom stereocenters. The number of rotatable bonds is 5. The van der Waals surface area contributed by atoms with Gasteiger partial charge < -0.3 is 0 Å². The van der Waals surface area contributed by atoms with Crippen LogP contribution in [0.1, 0.15) is 0 Å². The van der Waals surface area contributed by atoms with E-state index in [9.17, 15) is 4.21 Å². The molecule has 0 fully saturated rings. The molecule has 3 heteroatoms. The maximum Gasteiger partial charge on any atom is 0.0957 e. The van der Waals surface area contributed by atoms with Crippen molar-refractivity contribution in [2.24, 2.45) is 0 Å². The molecule has 0 saturated heterocycles. The molecule has 0 aliphatic carbocycles. The van der Waals surface area contributed by atoms with E-state index in [1.165, 1.54) is 0 Å². The third kappa shape index (κ3) is 5.46. The summed E-state index contributed by atoms with van der Waals surface area (Å²) in [7, 11) is -0.959. The van der Waals surface area contributed by atoms with Gasteiger partial charge in [-0.25, -0.2) is 8.93 Å². The van der Waals surface area contributed by atoms with Crippen LogP contribution in [0, 0.1) is 0 Å². The van der Waals surface area contributed by atoms with Crippen LogP contribution in [-0.2, 0) is 11.0 Å². The maximum absolute atomic E-state index is 10.7. The van der Waals surface area contributed by atoms with Gasteiger partial charge in [-0.05, 0) is 0 Å². The molecule has 0 rings (SSSR count). The van der Waals surface area contributed by atoms with E-state index in [0.29, 0.717) is 12.3 Å². The molecule has 52 valence electrons. The van der Waals surface area contributed by atoms with E-state index in [4.69, 9.17) is 0 Å². The van der Waals surface area contributed by atoms with Gasteiger partial charge >= 0.3 is 0 Å². The van der Waals surface area contributed by atoms with Crippen molar-refractivity contribution >= 4 is 11.0 Å². The van der Waals surface area contributed by atoms with Crippen LogP contribution in [0.3, 0.4) is 0 Å². The van der Waals surface area contributed by atoms with Crippen LogP contribution < -0.4 is 4.72 Å². The summed E-state index contributed by atoms with van der Waals surface area (Å²) in [6.07, 6.45) is 3.28. The molecule has 1 atom stereocenters. The SMILES string of the molecule is C=CCNS(=O)CC=C. The molecule has 0 aromatic carbocycles. The topological polar surface area (TPSA) is 29.1 Å². The zero-order valence-corrected chi connectivity index (χ0v) is 6.12. The van der Waals surface area contributed by atoms with E-state index >= 15 is 0 Å². The third-order valence-electron chi connectivity index (χ3n) is 0.658. The fraction of sp³-hybridized carbons (Fsp3) is 0.333. The summed E-state index contributed by atoms with van der Waals surface area (Å²) in [4.78, 5) is 0. The van der Waals surface area contributed by atoms with Gasteiger partial charge in [0.1, 0.15) is 0 Å². The summed E-state index contributed by atoms with van der Waals surface area (Å²) in [6.45, 7) is 7.50. The van der Waals surface area contributed by atoms with Gasteiger partial charge in [-0.3, -0.25) is 0 Å². The summed E-state index contributed by atoms with van der Waals surface area (Å²) in [5.41, 5.74) is 0. The second-order valence-electron chi connectivity index (χ2n) is 1.44. The van der Waals surface area contributed by atoms with Crippen molar-refractivity contribution in [1.29, 1.82) is 0 Å². The largest absolute Gasteiger partial charge is 0.243 e. The van der Waals surface area contributed by atoms with Crippen LogP contribution in [0.4, 0.5) is 0 Å². The van der Waals surface area contributed by atoms with E-state index in [2.05, 4.69) is 17.9 Å². The standard InChI is InChI=1S/C6H11NOS/c1-3-5-7-9(8)6-4-2/h3-4,7H,1-2,5-6H2. The minimum Gasteiger partial charge on any atom is -0.243 e. The van der Waals surface area contributed by atoms with Crippen LogP contribution in [0.25, 0.3) is 0 Å². The first-order valence-electron chi connectivity index (χ1n) is 2.65. The lowest BCUT2D eigenvalue weighted by Crippen LogP contribution is -2.18. The molecule has 0 aliphatic heterocycles. The van der Waals surface area contributed by atoms with Gasteiger partial charge in [-0.2, -0.15) is 0 Å². The molecular weight excluding hydrogens is 134 g/mol. The third-order valence-corrected chi connectivity index (χ3v) is 1.68. The van der Waals surface area contributed by atoms with Crippen molar-refractivity contribution in [3.05, 3.63) is 25.3 Å². The first kappa shape index (κ1) is 8.59. The van der Waals surface area contributed by atoms with Crippen LogP contribution >= 0.6 is 0 Å². The molecule has 0 radical (unpaired) electrons. The highest BCUT2D eigenvalue weighted by Crippen LogP contribution is 1.74. The van der Waals surface area contributed by atoms with Crippen molar-refractivity contribution in [2.75, 3.05) is 12.3 Å². The highest BCUT2D eigenvalue weighted by atomic mass is 32.2. The Morgan fingerprint density at radius 2 is 2.11 bits per heavy atom. The lowest BCUT2D eigenvalue weighted by Gasteiger charge is -1.95. The molecule has 0 aromatic heterocycles. The molecule has 0 spiro atoms. The summed E-state index contributed by atoms with van der Waals surface area (Å²) < 4.78 is 13.4. The van der Waals surface area contributed by atoms with Gasteiger partial charge in [0.05, 0.1) is 16.7 Å². The summed E-state index contributed by atoms with van der Waals surface area (Å²) in [5, 5.41) is 0. The fourth-order valence-electron chi connectivity index (χ4n) is 0.318. The van der Waals surface area contributed by atoms with E-state index in [1.54, 1.807) is 12.2 Å². The van der Waals surface area contributed by atoms with Crippen molar-refractivity contribution in [3.8, 4) is 0 Å². The lowest BCUT2D eigenvalue weighted by molar-refractivity contribution is 0.678. The van der Waals surface area contributed by atoms with Gasteiger partial charge in [0, 0.05) is 6.54 Å². The fourth-order valence-corrected chi connectivity index (χ4v) is 0.954. The van der Waals surface area contributed by atoms with Crippen molar-refractivity contribution < 1.29 is 4.21 Å². The first-order chi connectivity index (χ1) is 4.31. The molecule has 0 heterocycles. The Labute approximate surface area is 58.2 Å². The Kier molecular flexibility index (Phi) is 5.46. The molecular formula is C6H11NOS. The second kappa shape index (κ2) is 5.72. The quantitative estimate of drug-likeness (QED) is 0.564. The Morgan fingerprint density at radius 1 is 1.44 bits per heavy atom. The Hall–Kier alpha value is -0.410. The molecule has 1 N–H and O–H groups in total. The molecule has 2 nitrogen and oxygen atoms in total. The Balaban J connectivity index is 3.26. The van der Waals surface area contributed by atoms with E-state index in [1.807, 2.05) is 0 Å². The zero-order chi connectivity index (χ0) is 7.11. The summed E-state index contributed by atoms with van der Waals surface area (Å²) in [6, 6.07) is 0. The van der Waals surface area contributed by atoms with E-state index < -0.39 is 11.0 Å². The maximum atomic E-state index is 10.7. The predicted octanol–water partition coefficient (Wildman–Crippen LogP) is 0.612. The average Bonchev–Trinajstić information content (AvgIpc) is 1.85. The monoisotopic (exact) mass is 145 g/mol. The highest BCUT2D eigenvalue weighted by Gasteiger charge is 1.89. The van der Waals surface area contributed by atoms with Crippen LogP contribution in [0.5, 0.6) is 0 Å². The van der Waals surface area contributed by atoms with Crippen molar-refractivity contribution in [1.82, 2.24) is 4.72 Å². The van der Waals surface area contributed by atoms with Crippen LogP contribution in [0.15, 0.2) is 25.3 Å². The first-order valence-corrected chi connectivity index (χ1v) is 3.96. The molecule has 0 aliphatic rings. The smallest absolute Gasteiger partial charge is 0.0957 e. The minimum absolute atomic E-state index is 0.494. The van der Waals surface area contributed by atoms with Gasteiger partial charge in [-0.1, -0.05) is 12.2 Å². The normalized spacial score (nSPS) is 12.4. The molecule has 0 aromatic rings. The van der Waals surface area contributed by atoms with E-state index in [0.717, 1.165) is 0 Å². The van der Waals surface area contributed by atoms with Crippen molar-refractivity contribution in [3.63, 3.8) is 0 Å². The Morgan fingerprint density at radius 3 is 2.56 bits per heavy atom. The summed E-state index contributed by atoms with van der Waals surface area (Å²) in [5.74, 6) is 0.494. The van der Waals surface area contributed by atoms with Gasteiger partial charge in [-0.15, -0.1) is 13.2 Å². The zero-order valence-electron chi connectivity index (χ0n) is 5.30. The molecule has 0 bridgehead atoms.